The third-order valence-electron chi connectivity index (χ3n) is 3.49. The second-order valence-electron chi connectivity index (χ2n) is 6.52. The standard InChI is InChI=1S/C16H25ClN2O/c1-11(18)7-13-8-14(17)5-6-15(13)19-9-12(2)20-16(3,4)10-19/h5-6,8,11-12H,7,9-10,18H2,1-4H3. The number of nitrogens with two attached hydrogens (primary N) is 1. The summed E-state index contributed by atoms with van der Waals surface area (Å²) in [5, 5.41) is 0.768. The minimum Gasteiger partial charge on any atom is -0.369 e. The van der Waals surface area contributed by atoms with Gasteiger partial charge in [-0.3, -0.25) is 0 Å². The van der Waals surface area contributed by atoms with E-state index in [0.717, 1.165) is 24.5 Å². The molecule has 0 radical (unpaired) electrons. The van der Waals surface area contributed by atoms with E-state index in [1.165, 1.54) is 11.3 Å². The van der Waals surface area contributed by atoms with Gasteiger partial charge in [-0.15, -0.1) is 0 Å². The molecule has 0 bridgehead atoms. The molecule has 4 heteroatoms. The molecule has 1 aliphatic rings. The van der Waals surface area contributed by atoms with Gasteiger partial charge in [-0.25, -0.2) is 0 Å². The number of ether oxygens (including phenoxy) is 1. The van der Waals surface area contributed by atoms with Gasteiger partial charge in [0.25, 0.3) is 0 Å². The van der Waals surface area contributed by atoms with Crippen molar-refractivity contribution in [1.82, 2.24) is 0 Å². The Hall–Kier alpha value is -0.770. The number of nitrogens with zero attached hydrogens (tertiary/aromatic N) is 1. The average Bonchev–Trinajstić information content (AvgIpc) is 2.24. The molecule has 2 rings (SSSR count). The van der Waals surface area contributed by atoms with Crippen molar-refractivity contribution in [2.75, 3.05) is 18.0 Å². The molecule has 1 fully saturated rings. The van der Waals surface area contributed by atoms with E-state index in [1.54, 1.807) is 0 Å². The summed E-state index contributed by atoms with van der Waals surface area (Å²) in [6.45, 7) is 10.2. The largest absolute Gasteiger partial charge is 0.369 e. The SMILES string of the molecule is CC(N)Cc1cc(Cl)ccc1N1CC(C)OC(C)(C)C1. The Morgan fingerprint density at radius 3 is 2.80 bits per heavy atom. The summed E-state index contributed by atoms with van der Waals surface area (Å²) in [6.07, 6.45) is 1.06. The summed E-state index contributed by atoms with van der Waals surface area (Å²) in [6, 6.07) is 6.22. The van der Waals surface area contributed by atoms with E-state index >= 15 is 0 Å². The van der Waals surface area contributed by atoms with Crippen LogP contribution in [0.1, 0.15) is 33.3 Å². The molecule has 0 amide bonds. The maximum absolute atomic E-state index is 6.14. The molecule has 1 aromatic rings. The van der Waals surface area contributed by atoms with Gasteiger partial charge in [-0.1, -0.05) is 11.6 Å². The van der Waals surface area contributed by atoms with Crippen LogP contribution in [-0.4, -0.2) is 30.8 Å². The summed E-state index contributed by atoms with van der Waals surface area (Å²) in [5.41, 5.74) is 8.28. The normalized spacial score (nSPS) is 23.7. The van der Waals surface area contributed by atoms with Gasteiger partial charge in [0.05, 0.1) is 11.7 Å². The van der Waals surface area contributed by atoms with Crippen LogP contribution in [0.25, 0.3) is 0 Å². The van der Waals surface area contributed by atoms with Crippen molar-refractivity contribution >= 4 is 17.3 Å². The van der Waals surface area contributed by atoms with Crippen molar-refractivity contribution in [3.63, 3.8) is 0 Å². The maximum Gasteiger partial charge on any atom is 0.0805 e. The predicted octanol–water partition coefficient (Wildman–Crippen LogP) is 3.23. The number of hydrogen-bond acceptors (Lipinski definition) is 3. The van der Waals surface area contributed by atoms with Gasteiger partial charge in [0.1, 0.15) is 0 Å². The van der Waals surface area contributed by atoms with Crippen LogP contribution in [0.15, 0.2) is 18.2 Å². The molecule has 1 heterocycles. The summed E-state index contributed by atoms with van der Waals surface area (Å²) in [4.78, 5) is 2.39. The van der Waals surface area contributed by atoms with Crippen molar-refractivity contribution in [1.29, 1.82) is 0 Å². The van der Waals surface area contributed by atoms with Crippen LogP contribution in [0.5, 0.6) is 0 Å². The molecule has 2 N–H and O–H groups in total. The minimum absolute atomic E-state index is 0.124. The summed E-state index contributed by atoms with van der Waals surface area (Å²) >= 11 is 6.14. The van der Waals surface area contributed by atoms with Gasteiger partial charge >= 0.3 is 0 Å². The quantitative estimate of drug-likeness (QED) is 0.931. The molecule has 2 unspecified atom stereocenters. The molecule has 3 nitrogen and oxygen atoms in total. The molecule has 0 spiro atoms. The lowest BCUT2D eigenvalue weighted by atomic mass is 10.0. The number of hydrogen-bond donors (Lipinski definition) is 1. The van der Waals surface area contributed by atoms with Gasteiger partial charge in [0.15, 0.2) is 0 Å². The third kappa shape index (κ3) is 3.87. The first-order valence-electron chi connectivity index (χ1n) is 7.23. The van der Waals surface area contributed by atoms with Crippen LogP contribution in [0.3, 0.4) is 0 Å². The van der Waals surface area contributed by atoms with E-state index in [2.05, 4.69) is 31.7 Å². The van der Waals surface area contributed by atoms with Crippen LogP contribution in [0.4, 0.5) is 5.69 Å². The van der Waals surface area contributed by atoms with Gasteiger partial charge in [-0.05, 0) is 57.9 Å². The predicted molar refractivity (Wildman–Crippen MR) is 85.6 cm³/mol. The number of rotatable bonds is 3. The van der Waals surface area contributed by atoms with E-state index in [4.69, 9.17) is 22.1 Å². The second kappa shape index (κ2) is 5.92. The highest BCUT2D eigenvalue weighted by Crippen LogP contribution is 2.30. The lowest BCUT2D eigenvalue weighted by molar-refractivity contribution is -0.0750. The van der Waals surface area contributed by atoms with E-state index in [0.29, 0.717) is 0 Å². The molecule has 0 aliphatic carbocycles. The number of benzene rings is 1. The smallest absolute Gasteiger partial charge is 0.0805 e. The third-order valence-corrected chi connectivity index (χ3v) is 3.73. The molecule has 1 aliphatic heterocycles. The Morgan fingerprint density at radius 2 is 2.20 bits per heavy atom. The first-order chi connectivity index (χ1) is 9.27. The van der Waals surface area contributed by atoms with E-state index in [1.807, 2.05) is 19.1 Å². The molecular weight excluding hydrogens is 272 g/mol. The highest BCUT2D eigenvalue weighted by molar-refractivity contribution is 6.30. The van der Waals surface area contributed by atoms with Crippen LogP contribution in [0, 0.1) is 0 Å². The Bertz CT molecular complexity index is 474. The molecule has 2 atom stereocenters. The molecule has 20 heavy (non-hydrogen) atoms. The second-order valence-corrected chi connectivity index (χ2v) is 6.96. The highest BCUT2D eigenvalue weighted by atomic mass is 35.5. The van der Waals surface area contributed by atoms with E-state index < -0.39 is 0 Å². The minimum atomic E-state index is -0.136. The zero-order chi connectivity index (χ0) is 14.9. The van der Waals surface area contributed by atoms with Gasteiger partial charge in [0.2, 0.25) is 0 Å². The fraction of sp³-hybridized carbons (Fsp3) is 0.625. The monoisotopic (exact) mass is 296 g/mol. The lowest BCUT2D eigenvalue weighted by Crippen LogP contribution is -2.52. The van der Waals surface area contributed by atoms with Crippen molar-refractivity contribution in [3.05, 3.63) is 28.8 Å². The molecule has 1 aromatic carbocycles. The first-order valence-corrected chi connectivity index (χ1v) is 7.61. The zero-order valence-corrected chi connectivity index (χ0v) is 13.6. The fourth-order valence-corrected chi connectivity index (χ4v) is 3.20. The molecule has 0 aromatic heterocycles. The van der Waals surface area contributed by atoms with Crippen molar-refractivity contribution in [3.8, 4) is 0 Å². The van der Waals surface area contributed by atoms with Crippen molar-refractivity contribution in [2.24, 2.45) is 5.73 Å². The van der Waals surface area contributed by atoms with E-state index in [-0.39, 0.29) is 17.7 Å². The topological polar surface area (TPSA) is 38.5 Å². The fourth-order valence-electron chi connectivity index (χ4n) is 3.01. The van der Waals surface area contributed by atoms with E-state index in [9.17, 15) is 0 Å². The first kappa shape index (κ1) is 15.6. The highest BCUT2D eigenvalue weighted by Gasteiger charge is 2.32. The molecule has 1 saturated heterocycles. The van der Waals surface area contributed by atoms with Crippen LogP contribution >= 0.6 is 11.6 Å². The Kier molecular flexibility index (Phi) is 4.62. The van der Waals surface area contributed by atoms with Crippen LogP contribution in [0.2, 0.25) is 5.02 Å². The molecular formula is C16H25ClN2O. The Morgan fingerprint density at radius 1 is 1.50 bits per heavy atom. The molecule has 112 valence electrons. The summed E-state index contributed by atoms with van der Waals surface area (Å²) in [5.74, 6) is 0. The van der Waals surface area contributed by atoms with Crippen LogP contribution in [-0.2, 0) is 11.2 Å². The summed E-state index contributed by atoms with van der Waals surface area (Å²) < 4.78 is 5.98. The number of halogens is 1. The van der Waals surface area contributed by atoms with Gasteiger partial charge in [0, 0.05) is 29.8 Å². The van der Waals surface area contributed by atoms with Gasteiger partial charge < -0.3 is 15.4 Å². The van der Waals surface area contributed by atoms with Crippen molar-refractivity contribution < 1.29 is 4.74 Å². The Labute approximate surface area is 127 Å². The average molecular weight is 297 g/mol. The number of anilines is 1. The Balaban J connectivity index is 2.31. The molecule has 0 saturated carbocycles. The van der Waals surface area contributed by atoms with Crippen LogP contribution < -0.4 is 10.6 Å². The number of morpholine rings is 1. The summed E-state index contributed by atoms with van der Waals surface area (Å²) in [7, 11) is 0. The lowest BCUT2D eigenvalue weighted by Gasteiger charge is -2.43. The maximum atomic E-state index is 6.14. The zero-order valence-electron chi connectivity index (χ0n) is 12.8. The van der Waals surface area contributed by atoms with Gasteiger partial charge in [-0.2, -0.15) is 0 Å². The van der Waals surface area contributed by atoms with Crippen molar-refractivity contribution in [2.45, 2.75) is 51.9 Å².